The highest BCUT2D eigenvalue weighted by molar-refractivity contribution is 6.18. The fourth-order valence-electron chi connectivity index (χ4n) is 0.898. The normalized spacial score (nSPS) is 9.53. The van der Waals surface area contributed by atoms with Crippen molar-refractivity contribution in [2.75, 3.05) is 13.2 Å². The summed E-state index contributed by atoms with van der Waals surface area (Å²) in [5.74, 6) is -4.06. The van der Waals surface area contributed by atoms with Crippen LogP contribution in [0.15, 0.2) is 12.7 Å². The first-order valence-corrected chi connectivity index (χ1v) is 4.58. The van der Waals surface area contributed by atoms with Crippen molar-refractivity contribution in [1.82, 2.24) is 0 Å². The molecule has 0 aromatic heterocycles. The number of ketones is 1. The van der Waals surface area contributed by atoms with E-state index in [1.165, 1.54) is 0 Å². The van der Waals surface area contributed by atoms with E-state index in [1.54, 1.807) is 13.8 Å². The predicted molar refractivity (Wildman–Crippen MR) is 52.0 cm³/mol. The number of carbonyl (C=O) groups excluding carboxylic acids is 3. The van der Waals surface area contributed by atoms with Crippen LogP contribution in [0.1, 0.15) is 13.8 Å². The lowest BCUT2D eigenvalue weighted by atomic mass is 10.1. The van der Waals surface area contributed by atoms with Crippen LogP contribution in [0, 0.1) is 5.92 Å². The van der Waals surface area contributed by atoms with Crippen molar-refractivity contribution in [3.8, 4) is 0 Å². The molecule has 0 radical (unpaired) electrons. The molecular formula is C10H14O5. The Morgan fingerprint density at radius 2 is 1.53 bits per heavy atom. The second kappa shape index (κ2) is 6.75. The Bertz CT molecular complexity index is 251. The summed E-state index contributed by atoms with van der Waals surface area (Å²) in [5, 5.41) is 0. The molecule has 0 rings (SSSR count). The average molecular weight is 214 g/mol. The smallest absolute Gasteiger partial charge is 0.328 e. The number of esters is 2. The molecule has 0 aliphatic carbocycles. The van der Waals surface area contributed by atoms with E-state index in [9.17, 15) is 14.4 Å². The first kappa shape index (κ1) is 13.4. The average Bonchev–Trinajstić information content (AvgIpc) is 2.18. The van der Waals surface area contributed by atoms with Crippen molar-refractivity contribution < 1.29 is 23.9 Å². The Labute approximate surface area is 88.0 Å². The maximum Gasteiger partial charge on any atom is 0.328 e. The third-order valence-corrected chi connectivity index (χ3v) is 1.53. The van der Waals surface area contributed by atoms with Crippen LogP contribution in [-0.4, -0.2) is 30.9 Å². The number of carbonyl (C=O) groups is 3. The summed E-state index contributed by atoms with van der Waals surface area (Å²) in [7, 11) is 0. The Kier molecular flexibility index (Phi) is 6.01. The summed E-state index contributed by atoms with van der Waals surface area (Å²) in [5.41, 5.74) is 0. The van der Waals surface area contributed by atoms with Crippen molar-refractivity contribution in [2.24, 2.45) is 5.92 Å². The van der Waals surface area contributed by atoms with Gasteiger partial charge in [0.05, 0.1) is 13.2 Å². The molecule has 0 unspecified atom stereocenters. The third-order valence-electron chi connectivity index (χ3n) is 1.53. The van der Waals surface area contributed by atoms with Crippen LogP contribution in [0.4, 0.5) is 0 Å². The van der Waals surface area contributed by atoms with Crippen molar-refractivity contribution in [3.63, 3.8) is 0 Å². The van der Waals surface area contributed by atoms with Crippen molar-refractivity contribution >= 4 is 17.7 Å². The van der Waals surface area contributed by atoms with Crippen LogP contribution in [-0.2, 0) is 23.9 Å². The Hall–Kier alpha value is -1.65. The van der Waals surface area contributed by atoms with Crippen LogP contribution in [0.5, 0.6) is 0 Å². The molecule has 0 aliphatic heterocycles. The lowest BCUT2D eigenvalue weighted by molar-refractivity contribution is -0.163. The second-order valence-electron chi connectivity index (χ2n) is 2.54. The highest BCUT2D eigenvalue weighted by Crippen LogP contribution is 2.06. The minimum atomic E-state index is -1.54. The van der Waals surface area contributed by atoms with Crippen molar-refractivity contribution in [3.05, 3.63) is 12.7 Å². The molecule has 0 aromatic carbocycles. The summed E-state index contributed by atoms with van der Waals surface area (Å²) in [6, 6.07) is 0. The Balaban J connectivity index is 4.71. The molecule has 15 heavy (non-hydrogen) atoms. The van der Waals surface area contributed by atoms with E-state index in [1.807, 2.05) is 0 Å². The highest BCUT2D eigenvalue weighted by Gasteiger charge is 2.34. The van der Waals surface area contributed by atoms with Gasteiger partial charge >= 0.3 is 11.9 Å². The van der Waals surface area contributed by atoms with Gasteiger partial charge in [0.1, 0.15) is 0 Å². The summed E-state index contributed by atoms with van der Waals surface area (Å²) < 4.78 is 9.17. The van der Waals surface area contributed by atoms with E-state index < -0.39 is 23.6 Å². The number of rotatable bonds is 6. The van der Waals surface area contributed by atoms with E-state index in [0.717, 1.165) is 6.08 Å². The monoisotopic (exact) mass is 214 g/mol. The van der Waals surface area contributed by atoms with Gasteiger partial charge in [0.25, 0.3) is 0 Å². The second-order valence-corrected chi connectivity index (χ2v) is 2.54. The zero-order valence-corrected chi connectivity index (χ0v) is 8.82. The number of ether oxygens (including phenoxy) is 2. The van der Waals surface area contributed by atoms with Crippen LogP contribution in [0.25, 0.3) is 0 Å². The summed E-state index contributed by atoms with van der Waals surface area (Å²) >= 11 is 0. The fourth-order valence-corrected chi connectivity index (χ4v) is 0.898. The van der Waals surface area contributed by atoms with Gasteiger partial charge in [-0.3, -0.25) is 14.4 Å². The molecule has 5 heteroatoms. The van der Waals surface area contributed by atoms with E-state index in [-0.39, 0.29) is 13.2 Å². The first-order valence-electron chi connectivity index (χ1n) is 4.58. The van der Waals surface area contributed by atoms with E-state index in [4.69, 9.17) is 0 Å². The molecule has 0 fully saturated rings. The molecule has 0 amide bonds. The van der Waals surface area contributed by atoms with Crippen LogP contribution >= 0.6 is 0 Å². The van der Waals surface area contributed by atoms with Crippen LogP contribution in [0.2, 0.25) is 0 Å². The molecule has 0 bridgehead atoms. The van der Waals surface area contributed by atoms with E-state index >= 15 is 0 Å². The van der Waals surface area contributed by atoms with Gasteiger partial charge in [0.2, 0.25) is 5.92 Å². The van der Waals surface area contributed by atoms with Crippen LogP contribution in [0.3, 0.4) is 0 Å². The summed E-state index contributed by atoms with van der Waals surface area (Å²) in [6.45, 7) is 6.56. The highest BCUT2D eigenvalue weighted by atomic mass is 16.6. The molecule has 0 aliphatic rings. The summed E-state index contributed by atoms with van der Waals surface area (Å²) in [6.07, 6.45) is 0.901. The van der Waals surface area contributed by atoms with Gasteiger partial charge in [-0.1, -0.05) is 6.58 Å². The lowest BCUT2D eigenvalue weighted by Crippen LogP contribution is -2.33. The van der Waals surface area contributed by atoms with Crippen molar-refractivity contribution in [1.29, 1.82) is 0 Å². The topological polar surface area (TPSA) is 69.7 Å². The number of hydrogen-bond acceptors (Lipinski definition) is 5. The number of hydrogen-bond donors (Lipinski definition) is 0. The van der Waals surface area contributed by atoms with Gasteiger partial charge in [-0.05, 0) is 19.9 Å². The van der Waals surface area contributed by atoms with E-state index in [2.05, 4.69) is 16.1 Å². The molecular weight excluding hydrogens is 200 g/mol. The fraction of sp³-hybridized carbons (Fsp3) is 0.500. The zero-order chi connectivity index (χ0) is 11.8. The molecule has 0 saturated heterocycles. The summed E-state index contributed by atoms with van der Waals surface area (Å²) in [4.78, 5) is 33.8. The Morgan fingerprint density at radius 1 is 1.13 bits per heavy atom. The van der Waals surface area contributed by atoms with Gasteiger partial charge in [0, 0.05) is 0 Å². The third kappa shape index (κ3) is 3.93. The molecule has 84 valence electrons. The standard InChI is InChI=1S/C10H14O5/c1-4-7(11)8(9(12)14-5-2)10(13)15-6-3/h4,8H,1,5-6H2,2-3H3. The van der Waals surface area contributed by atoms with Gasteiger partial charge in [-0.25, -0.2) is 0 Å². The molecule has 0 heterocycles. The maximum atomic E-state index is 11.3. The quantitative estimate of drug-likeness (QED) is 0.365. The minimum Gasteiger partial charge on any atom is -0.465 e. The molecule has 0 aromatic rings. The molecule has 0 N–H and O–H groups in total. The predicted octanol–water partition coefficient (Wildman–Crippen LogP) is 0.484. The SMILES string of the molecule is C=CC(=O)C(C(=O)OCC)C(=O)OCC. The molecule has 0 saturated carbocycles. The number of allylic oxidation sites excluding steroid dienone is 1. The van der Waals surface area contributed by atoms with E-state index in [0.29, 0.717) is 0 Å². The van der Waals surface area contributed by atoms with Crippen molar-refractivity contribution in [2.45, 2.75) is 13.8 Å². The van der Waals surface area contributed by atoms with Gasteiger partial charge < -0.3 is 9.47 Å². The van der Waals surface area contributed by atoms with Crippen LogP contribution < -0.4 is 0 Å². The molecule has 5 nitrogen and oxygen atoms in total. The Morgan fingerprint density at radius 3 is 1.80 bits per heavy atom. The zero-order valence-electron chi connectivity index (χ0n) is 8.82. The lowest BCUT2D eigenvalue weighted by Gasteiger charge is -2.11. The van der Waals surface area contributed by atoms with Gasteiger partial charge in [0.15, 0.2) is 5.78 Å². The maximum absolute atomic E-state index is 11.3. The largest absolute Gasteiger partial charge is 0.465 e. The minimum absolute atomic E-state index is 0.0964. The first-order chi connectivity index (χ1) is 7.08. The molecule has 0 spiro atoms. The van der Waals surface area contributed by atoms with Gasteiger partial charge in [-0.15, -0.1) is 0 Å². The molecule has 0 atom stereocenters. The van der Waals surface area contributed by atoms with Gasteiger partial charge in [-0.2, -0.15) is 0 Å².